The van der Waals surface area contributed by atoms with Crippen molar-refractivity contribution < 1.29 is 4.74 Å². The Balaban J connectivity index is 2.41. The monoisotopic (exact) mass is 292 g/mol. The molecule has 1 heterocycles. The summed E-state index contributed by atoms with van der Waals surface area (Å²) in [6.45, 7) is 3.84. The predicted octanol–water partition coefficient (Wildman–Crippen LogP) is 3.34. The van der Waals surface area contributed by atoms with Crippen molar-refractivity contribution in [2.45, 2.75) is 20.3 Å². The molecule has 0 bridgehead atoms. The normalized spacial score (nSPS) is 10.4. The average Bonchev–Trinajstić information content (AvgIpc) is 2.45. The summed E-state index contributed by atoms with van der Waals surface area (Å²) in [5, 5.41) is 3.77. The molecule has 0 amide bonds. The number of aryl methyl sites for hydroxylation is 1. The lowest BCUT2D eigenvalue weighted by Gasteiger charge is -2.13. The van der Waals surface area contributed by atoms with Crippen LogP contribution in [0.3, 0.4) is 0 Å². The molecule has 0 radical (unpaired) electrons. The van der Waals surface area contributed by atoms with Crippen LogP contribution in [0.5, 0.6) is 5.75 Å². The van der Waals surface area contributed by atoms with Gasteiger partial charge in [-0.05, 0) is 19.1 Å². The summed E-state index contributed by atoms with van der Waals surface area (Å²) in [5.74, 6) is 2.53. The van der Waals surface area contributed by atoms with Gasteiger partial charge in [0.15, 0.2) is 0 Å². The minimum absolute atomic E-state index is 0.471. The van der Waals surface area contributed by atoms with E-state index in [0.29, 0.717) is 40.3 Å². The van der Waals surface area contributed by atoms with Gasteiger partial charge in [0.1, 0.15) is 23.2 Å². The Morgan fingerprint density at radius 1 is 1.35 bits per heavy atom. The molecule has 0 saturated carbocycles. The average molecular weight is 293 g/mol. The predicted molar refractivity (Wildman–Crippen MR) is 81.8 cm³/mol. The highest BCUT2D eigenvalue weighted by Gasteiger charge is 2.10. The van der Waals surface area contributed by atoms with Gasteiger partial charge < -0.3 is 15.8 Å². The molecule has 0 fully saturated rings. The van der Waals surface area contributed by atoms with Gasteiger partial charge in [0.25, 0.3) is 0 Å². The molecule has 1 aromatic carbocycles. The van der Waals surface area contributed by atoms with E-state index in [-0.39, 0.29) is 0 Å². The van der Waals surface area contributed by atoms with Crippen molar-refractivity contribution in [3.8, 4) is 5.75 Å². The summed E-state index contributed by atoms with van der Waals surface area (Å²) in [4.78, 5) is 8.66. The molecule has 0 spiro atoms. The highest BCUT2D eigenvalue weighted by Crippen LogP contribution is 2.30. The summed E-state index contributed by atoms with van der Waals surface area (Å²) in [7, 11) is 1.61. The number of nitrogens with two attached hydrogens (primary N) is 1. The zero-order valence-corrected chi connectivity index (χ0v) is 12.5. The first kappa shape index (κ1) is 14.4. The highest BCUT2D eigenvalue weighted by molar-refractivity contribution is 6.33. The first-order chi connectivity index (χ1) is 9.55. The van der Waals surface area contributed by atoms with Gasteiger partial charge in [0.2, 0.25) is 0 Å². The second-order valence-corrected chi connectivity index (χ2v) is 4.73. The van der Waals surface area contributed by atoms with Gasteiger partial charge in [0.05, 0.1) is 17.8 Å². The van der Waals surface area contributed by atoms with E-state index in [1.165, 1.54) is 0 Å². The number of methoxy groups -OCH3 is 1. The van der Waals surface area contributed by atoms with Crippen LogP contribution in [0.15, 0.2) is 18.2 Å². The summed E-state index contributed by atoms with van der Waals surface area (Å²) >= 11 is 6.18. The third kappa shape index (κ3) is 2.93. The van der Waals surface area contributed by atoms with E-state index >= 15 is 0 Å². The molecule has 106 valence electrons. The SMILES string of the molecule is CCc1nc(N)c(C)c(Nc2cc(OC)ccc2Cl)n1. The van der Waals surface area contributed by atoms with Crippen LogP contribution in [0.2, 0.25) is 5.02 Å². The van der Waals surface area contributed by atoms with Crippen LogP contribution < -0.4 is 15.8 Å². The lowest BCUT2D eigenvalue weighted by Crippen LogP contribution is -2.06. The number of hydrogen-bond acceptors (Lipinski definition) is 5. The molecule has 0 aliphatic carbocycles. The molecule has 0 aliphatic heterocycles. The Kier molecular flexibility index (Phi) is 4.29. The molecule has 1 aromatic heterocycles. The molecule has 2 rings (SSSR count). The van der Waals surface area contributed by atoms with Gasteiger partial charge in [0, 0.05) is 18.1 Å². The van der Waals surface area contributed by atoms with Crippen molar-refractivity contribution in [2.75, 3.05) is 18.2 Å². The molecule has 5 nitrogen and oxygen atoms in total. The van der Waals surface area contributed by atoms with Gasteiger partial charge in [-0.25, -0.2) is 9.97 Å². The zero-order chi connectivity index (χ0) is 14.7. The van der Waals surface area contributed by atoms with E-state index in [4.69, 9.17) is 22.1 Å². The Bertz CT molecular complexity index is 631. The molecule has 6 heteroatoms. The van der Waals surface area contributed by atoms with Crippen LogP contribution in [0.1, 0.15) is 18.3 Å². The standard InChI is InChI=1S/C14H17ClN4O/c1-4-12-18-13(16)8(2)14(19-12)17-11-7-9(20-3)5-6-10(11)15/h5-7H,4H2,1-3H3,(H3,16,17,18,19). The number of ether oxygens (including phenoxy) is 1. The molecule has 2 aromatic rings. The van der Waals surface area contributed by atoms with Crippen LogP contribution in [0, 0.1) is 6.92 Å². The second-order valence-electron chi connectivity index (χ2n) is 4.32. The Morgan fingerprint density at radius 2 is 2.10 bits per heavy atom. The number of nitrogens with zero attached hydrogens (tertiary/aromatic N) is 2. The fourth-order valence-corrected chi connectivity index (χ4v) is 1.88. The molecule has 20 heavy (non-hydrogen) atoms. The Hall–Kier alpha value is -2.01. The zero-order valence-electron chi connectivity index (χ0n) is 11.7. The van der Waals surface area contributed by atoms with Crippen molar-refractivity contribution >= 4 is 28.9 Å². The maximum Gasteiger partial charge on any atom is 0.139 e. The van der Waals surface area contributed by atoms with E-state index in [1.54, 1.807) is 19.2 Å². The van der Waals surface area contributed by atoms with Gasteiger partial charge >= 0.3 is 0 Å². The number of hydrogen-bond donors (Lipinski definition) is 2. The third-order valence-electron chi connectivity index (χ3n) is 2.97. The number of rotatable bonds is 4. The fourth-order valence-electron chi connectivity index (χ4n) is 1.72. The van der Waals surface area contributed by atoms with E-state index in [9.17, 15) is 0 Å². The third-order valence-corrected chi connectivity index (χ3v) is 3.30. The maximum atomic E-state index is 6.18. The van der Waals surface area contributed by atoms with Gasteiger partial charge in [-0.2, -0.15) is 0 Å². The van der Waals surface area contributed by atoms with Crippen LogP contribution in [-0.4, -0.2) is 17.1 Å². The van der Waals surface area contributed by atoms with Crippen molar-refractivity contribution in [1.82, 2.24) is 9.97 Å². The summed E-state index contributed by atoms with van der Waals surface area (Å²) in [6.07, 6.45) is 0.713. The molecular weight excluding hydrogens is 276 g/mol. The van der Waals surface area contributed by atoms with E-state index in [1.807, 2.05) is 19.9 Å². The largest absolute Gasteiger partial charge is 0.497 e. The van der Waals surface area contributed by atoms with Gasteiger partial charge in [-0.1, -0.05) is 18.5 Å². The van der Waals surface area contributed by atoms with E-state index in [0.717, 1.165) is 5.56 Å². The first-order valence-corrected chi connectivity index (χ1v) is 6.66. The summed E-state index contributed by atoms with van der Waals surface area (Å²) < 4.78 is 5.19. The smallest absolute Gasteiger partial charge is 0.139 e. The molecule has 0 unspecified atom stereocenters. The van der Waals surface area contributed by atoms with Gasteiger partial charge in [-0.15, -0.1) is 0 Å². The summed E-state index contributed by atoms with van der Waals surface area (Å²) in [6, 6.07) is 5.38. The number of nitrogen functional groups attached to an aromatic ring is 1. The summed E-state index contributed by atoms with van der Waals surface area (Å²) in [5.41, 5.74) is 7.41. The van der Waals surface area contributed by atoms with Crippen LogP contribution in [-0.2, 0) is 6.42 Å². The number of anilines is 3. The Labute approximate surface area is 123 Å². The van der Waals surface area contributed by atoms with E-state index in [2.05, 4.69) is 15.3 Å². The van der Waals surface area contributed by atoms with Crippen LogP contribution in [0.25, 0.3) is 0 Å². The fraction of sp³-hybridized carbons (Fsp3) is 0.286. The van der Waals surface area contributed by atoms with Crippen LogP contribution >= 0.6 is 11.6 Å². The molecule has 0 aliphatic rings. The van der Waals surface area contributed by atoms with E-state index < -0.39 is 0 Å². The maximum absolute atomic E-state index is 6.18. The highest BCUT2D eigenvalue weighted by atomic mass is 35.5. The van der Waals surface area contributed by atoms with Crippen molar-refractivity contribution in [2.24, 2.45) is 0 Å². The molecule has 0 saturated heterocycles. The van der Waals surface area contributed by atoms with Crippen LogP contribution in [0.4, 0.5) is 17.3 Å². The molecule has 0 atom stereocenters. The molecular formula is C14H17ClN4O. The van der Waals surface area contributed by atoms with Crippen molar-refractivity contribution in [3.63, 3.8) is 0 Å². The van der Waals surface area contributed by atoms with Crippen molar-refractivity contribution in [1.29, 1.82) is 0 Å². The first-order valence-electron chi connectivity index (χ1n) is 6.28. The van der Waals surface area contributed by atoms with Crippen molar-refractivity contribution in [3.05, 3.63) is 34.6 Å². The minimum Gasteiger partial charge on any atom is -0.497 e. The topological polar surface area (TPSA) is 73.1 Å². The number of nitrogens with one attached hydrogen (secondary N) is 1. The lowest BCUT2D eigenvalue weighted by atomic mass is 10.2. The Morgan fingerprint density at radius 3 is 2.75 bits per heavy atom. The lowest BCUT2D eigenvalue weighted by molar-refractivity contribution is 0.415. The second kappa shape index (κ2) is 5.96. The number of aromatic nitrogens is 2. The number of benzene rings is 1. The molecule has 3 N–H and O–H groups in total. The quantitative estimate of drug-likeness (QED) is 0.904. The minimum atomic E-state index is 0.471. The number of halogens is 1. The van der Waals surface area contributed by atoms with Gasteiger partial charge in [-0.3, -0.25) is 0 Å².